The molecule has 0 radical (unpaired) electrons. The molecule has 3 rings (SSSR count). The molecule has 0 spiro atoms. The van der Waals surface area contributed by atoms with Crippen molar-refractivity contribution in [3.8, 4) is 0 Å². The number of likely N-dealkylation sites (tertiary alicyclic amines) is 1. The Morgan fingerprint density at radius 2 is 2.10 bits per heavy atom. The van der Waals surface area contributed by atoms with E-state index in [9.17, 15) is 4.79 Å². The van der Waals surface area contributed by atoms with Gasteiger partial charge in [-0.3, -0.25) is 9.69 Å². The van der Waals surface area contributed by atoms with Gasteiger partial charge in [0.1, 0.15) is 6.10 Å². The fourth-order valence-electron chi connectivity index (χ4n) is 3.47. The van der Waals surface area contributed by atoms with Gasteiger partial charge in [-0.25, -0.2) is 0 Å². The van der Waals surface area contributed by atoms with Gasteiger partial charge in [-0.05, 0) is 18.4 Å². The molecule has 1 aromatic carbocycles. The standard InChI is InChI=1S/C17H24N2O2/c1-18(2)17(20)16-12-14-15(21-16)9-11-19(14)10-8-13-6-4-3-5-7-13/h3-7,14-16H,8-12H2,1-2H3/t14-,15-,16+/m1/s1. The SMILES string of the molecule is CN(C)C(=O)[C@@H]1C[C@@H]2[C@@H](CCN2CCc2ccccc2)O1. The first-order valence-corrected chi connectivity index (χ1v) is 7.80. The van der Waals surface area contributed by atoms with Crippen LogP contribution in [0.2, 0.25) is 0 Å². The number of ether oxygens (including phenoxy) is 1. The van der Waals surface area contributed by atoms with Crippen LogP contribution in [0.5, 0.6) is 0 Å². The summed E-state index contributed by atoms with van der Waals surface area (Å²) in [4.78, 5) is 16.2. The van der Waals surface area contributed by atoms with Gasteiger partial charge < -0.3 is 9.64 Å². The second-order valence-electron chi connectivity index (χ2n) is 6.26. The van der Waals surface area contributed by atoms with E-state index in [0.29, 0.717) is 6.04 Å². The molecule has 3 atom stereocenters. The second kappa shape index (κ2) is 6.16. The zero-order valence-electron chi connectivity index (χ0n) is 12.9. The minimum absolute atomic E-state index is 0.104. The molecule has 2 aliphatic heterocycles. The smallest absolute Gasteiger partial charge is 0.251 e. The third-order valence-electron chi connectivity index (χ3n) is 4.64. The molecule has 0 N–H and O–H groups in total. The first-order valence-electron chi connectivity index (χ1n) is 7.80. The van der Waals surface area contributed by atoms with Crippen LogP contribution in [0.3, 0.4) is 0 Å². The van der Waals surface area contributed by atoms with Gasteiger partial charge in [0.25, 0.3) is 5.91 Å². The zero-order valence-corrected chi connectivity index (χ0v) is 12.9. The van der Waals surface area contributed by atoms with Crippen LogP contribution in [-0.2, 0) is 16.0 Å². The maximum Gasteiger partial charge on any atom is 0.251 e. The van der Waals surface area contributed by atoms with E-state index in [1.165, 1.54) is 5.56 Å². The molecule has 2 saturated heterocycles. The van der Waals surface area contributed by atoms with Gasteiger partial charge in [-0.2, -0.15) is 0 Å². The van der Waals surface area contributed by atoms with E-state index in [1.807, 2.05) is 0 Å². The molecular weight excluding hydrogens is 264 g/mol. The fraction of sp³-hybridized carbons (Fsp3) is 0.588. The summed E-state index contributed by atoms with van der Waals surface area (Å²) in [5.74, 6) is 0.104. The Labute approximate surface area is 126 Å². The molecule has 21 heavy (non-hydrogen) atoms. The van der Waals surface area contributed by atoms with Crippen molar-refractivity contribution < 1.29 is 9.53 Å². The average Bonchev–Trinajstić information content (AvgIpc) is 3.06. The van der Waals surface area contributed by atoms with Gasteiger partial charge in [0.15, 0.2) is 0 Å². The number of nitrogens with zero attached hydrogens (tertiary/aromatic N) is 2. The lowest BCUT2D eigenvalue weighted by Crippen LogP contribution is -2.36. The van der Waals surface area contributed by atoms with Crippen molar-refractivity contribution in [3.63, 3.8) is 0 Å². The largest absolute Gasteiger partial charge is 0.363 e. The summed E-state index contributed by atoms with van der Waals surface area (Å²) in [6, 6.07) is 11.0. The molecule has 1 amide bonds. The minimum atomic E-state index is -0.241. The maximum absolute atomic E-state index is 12.0. The third-order valence-corrected chi connectivity index (χ3v) is 4.64. The number of carbonyl (C=O) groups is 1. The van der Waals surface area contributed by atoms with Gasteiger partial charge in [-0.15, -0.1) is 0 Å². The Kier molecular flexibility index (Phi) is 4.27. The second-order valence-corrected chi connectivity index (χ2v) is 6.26. The molecule has 0 aliphatic carbocycles. The Hall–Kier alpha value is -1.39. The Morgan fingerprint density at radius 1 is 1.33 bits per heavy atom. The van der Waals surface area contributed by atoms with E-state index in [2.05, 4.69) is 35.2 Å². The highest BCUT2D eigenvalue weighted by Crippen LogP contribution is 2.33. The summed E-state index contributed by atoms with van der Waals surface area (Å²) in [6.07, 6.45) is 2.97. The van der Waals surface area contributed by atoms with Gasteiger partial charge in [-0.1, -0.05) is 30.3 Å². The molecule has 2 heterocycles. The molecule has 0 bridgehead atoms. The monoisotopic (exact) mass is 288 g/mol. The summed E-state index contributed by atoms with van der Waals surface area (Å²) in [6.45, 7) is 2.14. The van der Waals surface area contributed by atoms with Crippen LogP contribution in [0.1, 0.15) is 18.4 Å². The summed E-state index contributed by atoms with van der Waals surface area (Å²) < 4.78 is 5.96. The molecule has 0 saturated carbocycles. The number of carbonyl (C=O) groups excluding carboxylic acids is 1. The Bertz CT molecular complexity index is 489. The highest BCUT2D eigenvalue weighted by Gasteiger charge is 2.45. The van der Waals surface area contributed by atoms with Gasteiger partial charge >= 0.3 is 0 Å². The van der Waals surface area contributed by atoms with Gasteiger partial charge in [0, 0.05) is 39.6 Å². The van der Waals surface area contributed by atoms with Crippen LogP contribution >= 0.6 is 0 Å². The number of rotatable bonds is 4. The highest BCUT2D eigenvalue weighted by atomic mass is 16.5. The first-order chi connectivity index (χ1) is 10.1. The minimum Gasteiger partial charge on any atom is -0.363 e. The average molecular weight is 288 g/mol. The number of fused-ring (bicyclic) bond motifs is 1. The van der Waals surface area contributed by atoms with Crippen LogP contribution in [0.15, 0.2) is 30.3 Å². The molecular formula is C17H24N2O2. The number of likely N-dealkylation sites (N-methyl/N-ethyl adjacent to an activating group) is 1. The number of amides is 1. The summed E-state index contributed by atoms with van der Waals surface area (Å²) in [5, 5.41) is 0. The van der Waals surface area contributed by atoms with Crippen molar-refractivity contribution in [3.05, 3.63) is 35.9 Å². The molecule has 2 aliphatic rings. The van der Waals surface area contributed by atoms with Crippen LogP contribution in [0, 0.1) is 0 Å². The van der Waals surface area contributed by atoms with Crippen molar-refractivity contribution in [2.75, 3.05) is 27.2 Å². The zero-order chi connectivity index (χ0) is 14.8. The molecule has 1 aromatic rings. The van der Waals surface area contributed by atoms with E-state index in [0.717, 1.165) is 32.4 Å². The summed E-state index contributed by atoms with van der Waals surface area (Å²) >= 11 is 0. The molecule has 2 fully saturated rings. The predicted molar refractivity (Wildman–Crippen MR) is 82.1 cm³/mol. The van der Waals surface area contributed by atoms with E-state index in [1.54, 1.807) is 19.0 Å². The molecule has 0 aromatic heterocycles. The fourth-order valence-corrected chi connectivity index (χ4v) is 3.47. The number of benzene rings is 1. The van der Waals surface area contributed by atoms with Crippen molar-refractivity contribution in [1.82, 2.24) is 9.80 Å². The highest BCUT2D eigenvalue weighted by molar-refractivity contribution is 5.80. The van der Waals surface area contributed by atoms with E-state index >= 15 is 0 Å². The van der Waals surface area contributed by atoms with Gasteiger partial charge in [0.2, 0.25) is 0 Å². The topological polar surface area (TPSA) is 32.8 Å². The lowest BCUT2D eigenvalue weighted by Gasteiger charge is -2.23. The Morgan fingerprint density at radius 3 is 2.81 bits per heavy atom. The van der Waals surface area contributed by atoms with Crippen molar-refractivity contribution in [2.45, 2.75) is 37.5 Å². The normalized spacial score (nSPS) is 28.6. The van der Waals surface area contributed by atoms with Crippen molar-refractivity contribution in [1.29, 1.82) is 0 Å². The van der Waals surface area contributed by atoms with E-state index < -0.39 is 0 Å². The summed E-state index contributed by atoms with van der Waals surface area (Å²) in [7, 11) is 3.60. The molecule has 4 nitrogen and oxygen atoms in total. The molecule has 114 valence electrons. The third kappa shape index (κ3) is 3.11. The van der Waals surface area contributed by atoms with Crippen LogP contribution in [0.4, 0.5) is 0 Å². The number of hydrogen-bond acceptors (Lipinski definition) is 3. The molecule has 4 heteroatoms. The lowest BCUT2D eigenvalue weighted by molar-refractivity contribution is -0.140. The number of hydrogen-bond donors (Lipinski definition) is 0. The van der Waals surface area contributed by atoms with E-state index in [-0.39, 0.29) is 18.1 Å². The first kappa shape index (κ1) is 14.5. The van der Waals surface area contributed by atoms with Crippen LogP contribution < -0.4 is 0 Å². The van der Waals surface area contributed by atoms with Crippen molar-refractivity contribution >= 4 is 5.91 Å². The van der Waals surface area contributed by atoms with Crippen molar-refractivity contribution in [2.24, 2.45) is 0 Å². The van der Waals surface area contributed by atoms with Crippen LogP contribution in [-0.4, -0.2) is 61.1 Å². The lowest BCUT2D eigenvalue weighted by atomic mass is 10.1. The van der Waals surface area contributed by atoms with E-state index in [4.69, 9.17) is 4.74 Å². The van der Waals surface area contributed by atoms with Crippen LogP contribution in [0.25, 0.3) is 0 Å². The maximum atomic E-state index is 12.0. The quantitative estimate of drug-likeness (QED) is 0.843. The van der Waals surface area contributed by atoms with Gasteiger partial charge in [0.05, 0.1) is 6.10 Å². The summed E-state index contributed by atoms with van der Waals surface area (Å²) in [5.41, 5.74) is 1.38. The molecule has 0 unspecified atom stereocenters. The Balaban J connectivity index is 1.56. The predicted octanol–water partition coefficient (Wildman–Crippen LogP) is 1.55.